The van der Waals surface area contributed by atoms with Crippen molar-refractivity contribution in [1.29, 1.82) is 0 Å². The second-order valence-corrected chi connectivity index (χ2v) is 5.75. The van der Waals surface area contributed by atoms with Gasteiger partial charge in [0.05, 0.1) is 17.3 Å². The van der Waals surface area contributed by atoms with E-state index in [0.717, 1.165) is 5.69 Å². The third-order valence-corrected chi connectivity index (χ3v) is 4.56. The molecule has 0 aromatic carbocycles. The quantitative estimate of drug-likeness (QED) is 0.642. The fourth-order valence-electron chi connectivity index (χ4n) is 3.41. The normalized spacial score (nSPS) is 25.0. The van der Waals surface area contributed by atoms with Gasteiger partial charge in [0, 0.05) is 29.4 Å². The van der Waals surface area contributed by atoms with Crippen molar-refractivity contribution in [3.8, 4) is 0 Å². The third-order valence-electron chi connectivity index (χ3n) is 4.56. The summed E-state index contributed by atoms with van der Waals surface area (Å²) in [7, 11) is 0. The van der Waals surface area contributed by atoms with Gasteiger partial charge in [0.25, 0.3) is 0 Å². The molecule has 2 aliphatic heterocycles. The second-order valence-electron chi connectivity index (χ2n) is 5.75. The molecule has 2 atom stereocenters. The molecule has 1 aromatic heterocycles. The molecule has 114 valence electrons. The summed E-state index contributed by atoms with van der Waals surface area (Å²) in [6.45, 7) is 2.02. The highest BCUT2D eigenvalue weighted by Crippen LogP contribution is 2.45. The van der Waals surface area contributed by atoms with E-state index in [1.54, 1.807) is 6.92 Å². The van der Waals surface area contributed by atoms with E-state index in [2.05, 4.69) is 5.32 Å². The van der Waals surface area contributed by atoms with Gasteiger partial charge < -0.3 is 26.1 Å². The number of rotatable bonds is 2. The molecule has 1 aromatic rings. The van der Waals surface area contributed by atoms with Gasteiger partial charge in [-0.1, -0.05) is 0 Å². The van der Waals surface area contributed by atoms with Crippen LogP contribution in [-0.4, -0.2) is 28.3 Å². The number of carbonyl (C=O) groups excluding carboxylic acids is 3. The van der Waals surface area contributed by atoms with E-state index in [1.165, 1.54) is 0 Å². The van der Waals surface area contributed by atoms with E-state index in [-0.39, 0.29) is 41.3 Å². The number of hydrogen-bond donors (Lipinski definition) is 3. The van der Waals surface area contributed by atoms with Gasteiger partial charge >= 0.3 is 6.09 Å². The average Bonchev–Trinajstić information content (AvgIpc) is 3.01. The van der Waals surface area contributed by atoms with Crippen LogP contribution in [0.25, 0.3) is 0 Å². The largest absolute Gasteiger partial charge is 0.445 e. The van der Waals surface area contributed by atoms with Crippen molar-refractivity contribution < 1.29 is 19.1 Å². The van der Waals surface area contributed by atoms with Gasteiger partial charge in [0.15, 0.2) is 0 Å². The third kappa shape index (κ3) is 1.47. The Labute approximate surface area is 125 Å². The molecule has 1 fully saturated rings. The zero-order chi connectivity index (χ0) is 15.8. The van der Waals surface area contributed by atoms with Crippen LogP contribution < -0.4 is 16.8 Å². The average molecular weight is 302 g/mol. The molecule has 1 aliphatic carbocycles. The Balaban J connectivity index is 1.92. The molecular weight excluding hydrogens is 288 g/mol. The molecule has 4 rings (SSSR count). The highest BCUT2D eigenvalue weighted by molar-refractivity contribution is 6.26. The van der Waals surface area contributed by atoms with E-state index < -0.39 is 11.9 Å². The zero-order valence-electron chi connectivity index (χ0n) is 11.8. The number of hydrogen-bond acceptors (Lipinski definition) is 6. The van der Waals surface area contributed by atoms with Gasteiger partial charge in [0.2, 0.25) is 11.6 Å². The fraction of sp³-hybridized carbons (Fsp3) is 0.357. The van der Waals surface area contributed by atoms with Gasteiger partial charge in [-0.15, -0.1) is 0 Å². The lowest BCUT2D eigenvalue weighted by atomic mass is 9.90. The number of Topliss-reactive ketones (excluding diaryl/α,β-unsaturated/α-hetero) is 2. The van der Waals surface area contributed by atoms with Gasteiger partial charge in [-0.3, -0.25) is 9.59 Å². The Kier molecular flexibility index (Phi) is 2.37. The van der Waals surface area contributed by atoms with Crippen LogP contribution in [0.3, 0.4) is 0 Å². The molecule has 3 heterocycles. The van der Waals surface area contributed by atoms with Gasteiger partial charge in [-0.25, -0.2) is 4.79 Å². The maximum Gasteiger partial charge on any atom is 0.404 e. The molecule has 1 saturated heterocycles. The first-order valence-corrected chi connectivity index (χ1v) is 6.91. The lowest BCUT2D eigenvalue weighted by Gasteiger charge is -2.16. The Hall–Kier alpha value is -2.61. The zero-order valence-corrected chi connectivity index (χ0v) is 11.8. The van der Waals surface area contributed by atoms with Crippen molar-refractivity contribution in [2.24, 2.45) is 11.5 Å². The maximum absolute atomic E-state index is 12.5. The molecule has 0 bridgehead atoms. The molecule has 0 saturated carbocycles. The number of ether oxygens (including phenoxy) is 1. The molecule has 0 spiro atoms. The first-order chi connectivity index (χ1) is 10.4. The number of ketones is 2. The summed E-state index contributed by atoms with van der Waals surface area (Å²) < 4.78 is 6.71. The molecule has 8 nitrogen and oxygen atoms in total. The number of carbonyl (C=O) groups is 3. The maximum atomic E-state index is 12.5. The molecule has 5 N–H and O–H groups in total. The van der Waals surface area contributed by atoms with E-state index in [0.29, 0.717) is 17.8 Å². The van der Waals surface area contributed by atoms with Crippen molar-refractivity contribution in [2.75, 3.05) is 0 Å². The standard InChI is InChI=1S/C14H14N4O4/c1-4-8(15)13(20)7-5(3-22-14(16)21)10-9-6(17-9)2-18(10)11(7)12(4)19/h6,9,17H,2-3,15H2,1H3,(H2,16,21)/t6-,9-/m0/s1. The number of allylic oxidation sites excluding steroid dienone is 2. The summed E-state index contributed by atoms with van der Waals surface area (Å²) in [5.74, 6) is -0.644. The molecule has 0 unspecified atom stereocenters. The number of primary amides is 1. The van der Waals surface area contributed by atoms with Gasteiger partial charge in [-0.2, -0.15) is 0 Å². The van der Waals surface area contributed by atoms with Crippen molar-refractivity contribution >= 4 is 17.7 Å². The van der Waals surface area contributed by atoms with Gasteiger partial charge in [-0.05, 0) is 6.92 Å². The number of nitrogens with two attached hydrogens (primary N) is 2. The smallest absolute Gasteiger partial charge is 0.404 e. The highest BCUT2D eigenvalue weighted by Gasteiger charge is 2.51. The van der Waals surface area contributed by atoms with Gasteiger partial charge in [0.1, 0.15) is 12.3 Å². The fourth-order valence-corrected chi connectivity index (χ4v) is 3.41. The lowest BCUT2D eigenvalue weighted by molar-refractivity contribution is 0.0965. The van der Waals surface area contributed by atoms with Crippen LogP contribution in [0, 0.1) is 0 Å². The number of aromatic nitrogens is 1. The Bertz CT molecular complexity index is 804. The summed E-state index contributed by atoms with van der Waals surface area (Å²) in [5.41, 5.74) is 12.9. The van der Waals surface area contributed by atoms with E-state index >= 15 is 0 Å². The van der Waals surface area contributed by atoms with Crippen molar-refractivity contribution in [3.05, 3.63) is 33.8 Å². The second kappa shape index (κ2) is 3.98. The van der Waals surface area contributed by atoms with Crippen LogP contribution in [0.15, 0.2) is 11.3 Å². The highest BCUT2D eigenvalue weighted by atomic mass is 16.5. The van der Waals surface area contributed by atoms with Crippen molar-refractivity contribution in [2.45, 2.75) is 32.2 Å². The lowest BCUT2D eigenvalue weighted by Crippen LogP contribution is -2.27. The summed E-state index contributed by atoms with van der Waals surface area (Å²) in [4.78, 5) is 36.0. The molecule has 1 amide bonds. The number of fused-ring (bicyclic) bond motifs is 5. The molecule has 22 heavy (non-hydrogen) atoms. The summed E-state index contributed by atoms with van der Waals surface area (Å²) >= 11 is 0. The summed E-state index contributed by atoms with van der Waals surface area (Å²) in [6.07, 6.45) is -0.929. The van der Waals surface area contributed by atoms with Crippen LogP contribution in [0.4, 0.5) is 4.79 Å². The van der Waals surface area contributed by atoms with Crippen LogP contribution in [0.1, 0.15) is 45.1 Å². The molecule has 3 aliphatic rings. The monoisotopic (exact) mass is 302 g/mol. The van der Waals surface area contributed by atoms with Crippen LogP contribution in [0.5, 0.6) is 0 Å². The topological polar surface area (TPSA) is 139 Å². The number of amides is 1. The van der Waals surface area contributed by atoms with E-state index in [9.17, 15) is 14.4 Å². The van der Waals surface area contributed by atoms with E-state index in [4.69, 9.17) is 16.2 Å². The first-order valence-electron chi connectivity index (χ1n) is 6.91. The predicted octanol–water partition coefficient (Wildman–Crippen LogP) is -0.278. The minimum atomic E-state index is -0.929. The van der Waals surface area contributed by atoms with Crippen LogP contribution in [0.2, 0.25) is 0 Å². The SMILES string of the molecule is CC1=C(N)C(=O)c2c(COC(N)=O)c3n(c2C1=O)C[C@@H]1N[C@H]31. The Morgan fingerprint density at radius 2 is 2.14 bits per heavy atom. The van der Waals surface area contributed by atoms with E-state index in [1.807, 2.05) is 4.57 Å². The summed E-state index contributed by atoms with van der Waals surface area (Å²) in [5, 5.41) is 3.25. The van der Waals surface area contributed by atoms with Crippen LogP contribution in [-0.2, 0) is 17.9 Å². The predicted molar refractivity (Wildman–Crippen MR) is 74.0 cm³/mol. The minimum absolute atomic E-state index is 0.0533. The summed E-state index contributed by atoms with van der Waals surface area (Å²) in [6, 6.07) is 0.346. The first kappa shape index (κ1) is 13.1. The van der Waals surface area contributed by atoms with Crippen molar-refractivity contribution in [1.82, 2.24) is 9.88 Å². The molecular formula is C14H14N4O4. The molecule has 0 radical (unpaired) electrons. The number of nitrogens with zero attached hydrogens (tertiary/aromatic N) is 1. The number of nitrogens with one attached hydrogen (secondary N) is 1. The van der Waals surface area contributed by atoms with Crippen molar-refractivity contribution in [3.63, 3.8) is 0 Å². The van der Waals surface area contributed by atoms with Crippen LogP contribution >= 0.6 is 0 Å². The Morgan fingerprint density at radius 1 is 1.41 bits per heavy atom. The molecule has 8 heteroatoms. The minimum Gasteiger partial charge on any atom is -0.445 e. The Morgan fingerprint density at radius 3 is 2.82 bits per heavy atom.